The van der Waals surface area contributed by atoms with Gasteiger partial charge in [-0.25, -0.2) is 13.2 Å². The zero-order chi connectivity index (χ0) is 19.0. The van der Waals surface area contributed by atoms with Gasteiger partial charge >= 0.3 is 12.1 Å². The molecular weight excluding hydrogens is 365 g/mol. The Morgan fingerprint density at radius 3 is 2.52 bits per heavy atom. The third kappa shape index (κ3) is 3.42. The maximum atomic E-state index is 13.5. The Kier molecular flexibility index (Phi) is 4.75. The van der Waals surface area contributed by atoms with Crippen LogP contribution in [0.4, 0.5) is 18.9 Å². The normalized spacial score (nSPS) is 15.0. The van der Waals surface area contributed by atoms with E-state index in [0.717, 1.165) is 12.5 Å². The van der Waals surface area contributed by atoms with Crippen LogP contribution in [0.15, 0.2) is 24.4 Å². The highest BCUT2D eigenvalue weighted by atomic mass is 32.2. The molecule has 0 aliphatic rings. The number of fused-ring (bicyclic) bond motifs is 1. The van der Waals surface area contributed by atoms with E-state index in [4.69, 9.17) is 0 Å². The molecule has 0 bridgehead atoms. The Balaban J connectivity index is 2.71. The van der Waals surface area contributed by atoms with Gasteiger partial charge in [-0.15, -0.1) is 0 Å². The third-order valence-corrected chi connectivity index (χ3v) is 3.97. The SMILES string of the molecule is CCOC(=O)C(O)(c1c[nH]c2c(NS(C)(=O)=O)cccc12)C(F)(F)F. The number of para-hydroxylation sites is 1. The first kappa shape index (κ1) is 19.1. The van der Waals surface area contributed by atoms with Crippen molar-refractivity contribution in [1.29, 1.82) is 0 Å². The Morgan fingerprint density at radius 1 is 1.36 bits per heavy atom. The van der Waals surface area contributed by atoms with Crippen molar-refractivity contribution in [2.75, 3.05) is 17.6 Å². The molecule has 7 nitrogen and oxygen atoms in total. The van der Waals surface area contributed by atoms with E-state index >= 15 is 0 Å². The van der Waals surface area contributed by atoms with Gasteiger partial charge in [0, 0.05) is 17.1 Å². The minimum Gasteiger partial charge on any atom is -0.463 e. The number of H-pyrrole nitrogens is 1. The van der Waals surface area contributed by atoms with E-state index in [2.05, 4.69) is 14.4 Å². The van der Waals surface area contributed by atoms with E-state index in [1.165, 1.54) is 25.1 Å². The fourth-order valence-electron chi connectivity index (χ4n) is 2.35. The molecule has 0 saturated carbocycles. The van der Waals surface area contributed by atoms with Crippen LogP contribution in [0, 0.1) is 0 Å². The van der Waals surface area contributed by atoms with Crippen LogP contribution in [0.1, 0.15) is 12.5 Å². The second kappa shape index (κ2) is 6.23. The molecule has 0 fully saturated rings. The number of esters is 1. The van der Waals surface area contributed by atoms with Crippen molar-refractivity contribution in [3.05, 3.63) is 30.0 Å². The van der Waals surface area contributed by atoms with Crippen molar-refractivity contribution >= 4 is 32.6 Å². The summed E-state index contributed by atoms with van der Waals surface area (Å²) in [5.74, 6) is -1.87. The summed E-state index contributed by atoms with van der Waals surface area (Å²) in [5.41, 5.74) is -4.73. The molecule has 138 valence electrons. The van der Waals surface area contributed by atoms with Gasteiger partial charge in [-0.1, -0.05) is 12.1 Å². The fourth-order valence-corrected chi connectivity index (χ4v) is 2.92. The van der Waals surface area contributed by atoms with Crippen LogP contribution in [0.5, 0.6) is 0 Å². The lowest BCUT2D eigenvalue weighted by molar-refractivity contribution is -0.267. The lowest BCUT2D eigenvalue weighted by atomic mass is 9.92. The number of aliphatic hydroxyl groups is 1. The van der Waals surface area contributed by atoms with Gasteiger partial charge in [0.1, 0.15) is 0 Å². The lowest BCUT2D eigenvalue weighted by Gasteiger charge is -2.27. The van der Waals surface area contributed by atoms with Gasteiger partial charge in [-0.05, 0) is 13.0 Å². The smallest absolute Gasteiger partial charge is 0.432 e. The van der Waals surface area contributed by atoms with Crippen LogP contribution in [0.3, 0.4) is 0 Å². The second-order valence-electron chi connectivity index (χ2n) is 5.23. The van der Waals surface area contributed by atoms with E-state index in [1.54, 1.807) is 0 Å². The van der Waals surface area contributed by atoms with Crippen molar-refractivity contribution in [2.24, 2.45) is 0 Å². The maximum Gasteiger partial charge on any atom is 0.432 e. The number of aromatic nitrogens is 1. The van der Waals surface area contributed by atoms with Crippen LogP contribution in [0.2, 0.25) is 0 Å². The van der Waals surface area contributed by atoms with Crippen LogP contribution in [-0.2, 0) is 25.2 Å². The standard InChI is InChI=1S/C14H15F3N2O5S/c1-3-24-12(20)13(21,14(15,16)17)9-7-18-11-8(9)5-4-6-10(11)19-25(2,22)23/h4-7,18-19,21H,3H2,1-2H3. The van der Waals surface area contributed by atoms with Gasteiger partial charge in [0.25, 0.3) is 5.60 Å². The summed E-state index contributed by atoms with van der Waals surface area (Å²) < 4.78 is 69.7. The highest BCUT2D eigenvalue weighted by Crippen LogP contribution is 2.43. The topological polar surface area (TPSA) is 108 Å². The molecule has 1 aromatic carbocycles. The average molecular weight is 380 g/mol. The number of hydrogen-bond acceptors (Lipinski definition) is 5. The molecule has 2 aromatic rings. The first-order valence-electron chi connectivity index (χ1n) is 6.96. The van der Waals surface area contributed by atoms with Crippen molar-refractivity contribution in [1.82, 2.24) is 4.98 Å². The van der Waals surface area contributed by atoms with Gasteiger partial charge in [0.05, 0.1) is 24.1 Å². The van der Waals surface area contributed by atoms with Gasteiger partial charge in [0.2, 0.25) is 10.0 Å². The predicted octanol–water partition coefficient (Wildman–Crippen LogP) is 1.85. The monoisotopic (exact) mass is 380 g/mol. The molecule has 1 aromatic heterocycles. The lowest BCUT2D eigenvalue weighted by Crippen LogP contribution is -2.50. The fraction of sp³-hybridized carbons (Fsp3) is 0.357. The number of hydrogen-bond donors (Lipinski definition) is 3. The molecule has 25 heavy (non-hydrogen) atoms. The van der Waals surface area contributed by atoms with Crippen molar-refractivity contribution < 1.29 is 36.2 Å². The summed E-state index contributed by atoms with van der Waals surface area (Å²) >= 11 is 0. The number of rotatable bonds is 5. The van der Waals surface area contributed by atoms with Gasteiger partial charge in [-0.3, -0.25) is 4.72 Å². The van der Waals surface area contributed by atoms with Crippen LogP contribution in [0.25, 0.3) is 10.9 Å². The number of sulfonamides is 1. The highest BCUT2D eigenvalue weighted by molar-refractivity contribution is 7.92. The average Bonchev–Trinajstić information content (AvgIpc) is 2.89. The quantitative estimate of drug-likeness (QED) is 0.686. The van der Waals surface area contributed by atoms with Crippen molar-refractivity contribution in [3.8, 4) is 0 Å². The molecule has 2 rings (SSSR count). The number of halogens is 3. The number of alkyl halides is 3. The molecule has 3 N–H and O–H groups in total. The molecule has 11 heteroatoms. The largest absolute Gasteiger partial charge is 0.463 e. The summed E-state index contributed by atoms with van der Waals surface area (Å²) in [4.78, 5) is 14.3. The molecular formula is C14H15F3N2O5S. The summed E-state index contributed by atoms with van der Waals surface area (Å²) in [6, 6.07) is 3.82. The van der Waals surface area contributed by atoms with Gasteiger partial charge in [-0.2, -0.15) is 13.2 Å². The number of carbonyl (C=O) groups is 1. The molecule has 1 atom stereocenters. The number of benzene rings is 1. The van der Waals surface area contributed by atoms with E-state index in [9.17, 15) is 31.5 Å². The summed E-state index contributed by atoms with van der Waals surface area (Å²) in [5, 5.41) is 9.99. The molecule has 0 aliphatic carbocycles. The third-order valence-electron chi connectivity index (χ3n) is 3.38. The first-order chi connectivity index (χ1) is 11.4. The second-order valence-corrected chi connectivity index (χ2v) is 6.98. The summed E-state index contributed by atoms with van der Waals surface area (Å²) in [7, 11) is -3.69. The van der Waals surface area contributed by atoms with E-state index in [0.29, 0.717) is 0 Å². The summed E-state index contributed by atoms with van der Waals surface area (Å²) in [6.07, 6.45) is -3.68. The van der Waals surface area contributed by atoms with Crippen molar-refractivity contribution in [3.63, 3.8) is 0 Å². The molecule has 0 radical (unpaired) electrons. The zero-order valence-electron chi connectivity index (χ0n) is 13.1. The van der Waals surface area contributed by atoms with E-state index < -0.39 is 33.3 Å². The Labute approximate surface area is 140 Å². The Hall–Kier alpha value is -2.27. The molecule has 1 heterocycles. The van der Waals surface area contributed by atoms with E-state index in [1.807, 2.05) is 0 Å². The van der Waals surface area contributed by atoms with Crippen LogP contribution >= 0.6 is 0 Å². The Bertz CT molecular complexity index is 907. The number of nitrogens with one attached hydrogen (secondary N) is 2. The van der Waals surface area contributed by atoms with Crippen LogP contribution in [-0.4, -0.2) is 43.5 Å². The molecule has 1 unspecified atom stereocenters. The number of carbonyl (C=O) groups excluding carboxylic acids is 1. The number of anilines is 1. The highest BCUT2D eigenvalue weighted by Gasteiger charge is 2.63. The predicted molar refractivity (Wildman–Crippen MR) is 83.4 cm³/mol. The minimum absolute atomic E-state index is 0.0186. The van der Waals surface area contributed by atoms with Gasteiger partial charge in [0.15, 0.2) is 0 Å². The minimum atomic E-state index is -5.35. The maximum absolute atomic E-state index is 13.5. The molecule has 0 spiro atoms. The van der Waals surface area contributed by atoms with Crippen molar-refractivity contribution in [2.45, 2.75) is 18.7 Å². The van der Waals surface area contributed by atoms with Crippen LogP contribution < -0.4 is 4.72 Å². The zero-order valence-corrected chi connectivity index (χ0v) is 14.0. The first-order valence-corrected chi connectivity index (χ1v) is 8.85. The molecule has 0 saturated heterocycles. The van der Waals surface area contributed by atoms with Gasteiger partial charge < -0.3 is 14.8 Å². The molecule has 0 aliphatic heterocycles. The number of aromatic amines is 1. The molecule has 0 amide bonds. The van der Waals surface area contributed by atoms with E-state index in [-0.39, 0.29) is 23.2 Å². The number of ether oxygens (including phenoxy) is 1. The summed E-state index contributed by atoms with van der Waals surface area (Å²) in [6.45, 7) is 0.943. The Morgan fingerprint density at radius 2 is 2.00 bits per heavy atom.